The van der Waals surface area contributed by atoms with Crippen molar-refractivity contribution in [3.63, 3.8) is 0 Å². The molecule has 2 heteroatoms. The Bertz CT molecular complexity index is 404. The summed E-state index contributed by atoms with van der Waals surface area (Å²) in [6, 6.07) is 10.9. The van der Waals surface area contributed by atoms with E-state index in [0.717, 1.165) is 23.7 Å². The molecule has 16 heavy (non-hydrogen) atoms. The van der Waals surface area contributed by atoms with Crippen LogP contribution in [0.3, 0.4) is 0 Å². The van der Waals surface area contributed by atoms with Crippen LogP contribution in [0.5, 0.6) is 0 Å². The predicted octanol–water partition coefficient (Wildman–Crippen LogP) is 4.32. The van der Waals surface area contributed by atoms with E-state index in [9.17, 15) is 5.26 Å². The van der Waals surface area contributed by atoms with E-state index in [0.29, 0.717) is 5.92 Å². The summed E-state index contributed by atoms with van der Waals surface area (Å²) in [5, 5.41) is 9.39. The van der Waals surface area contributed by atoms with Crippen molar-refractivity contribution in [3.05, 3.63) is 34.3 Å². The molecule has 0 N–H and O–H groups in total. The Kier molecular flexibility index (Phi) is 3.35. The Labute approximate surface area is 106 Å². The predicted molar refractivity (Wildman–Crippen MR) is 68.9 cm³/mol. The summed E-state index contributed by atoms with van der Waals surface area (Å²) >= 11 is 3.43. The second kappa shape index (κ2) is 4.59. The van der Waals surface area contributed by atoms with E-state index in [4.69, 9.17) is 0 Å². The Hall–Kier alpha value is -0.810. The molecule has 2 unspecified atom stereocenters. The van der Waals surface area contributed by atoms with E-state index in [2.05, 4.69) is 53.2 Å². The lowest BCUT2D eigenvalue weighted by Crippen LogP contribution is -2.17. The Morgan fingerprint density at radius 1 is 1.44 bits per heavy atom. The van der Waals surface area contributed by atoms with Crippen molar-refractivity contribution in [2.24, 2.45) is 11.3 Å². The zero-order valence-corrected chi connectivity index (χ0v) is 11.1. The van der Waals surface area contributed by atoms with Gasteiger partial charge in [0.05, 0.1) is 11.5 Å². The lowest BCUT2D eigenvalue weighted by atomic mass is 9.81. The van der Waals surface area contributed by atoms with Gasteiger partial charge >= 0.3 is 0 Å². The van der Waals surface area contributed by atoms with E-state index in [1.54, 1.807) is 0 Å². The topological polar surface area (TPSA) is 23.8 Å². The maximum Gasteiger partial charge on any atom is 0.0693 e. The van der Waals surface area contributed by atoms with Crippen LogP contribution in [0.4, 0.5) is 0 Å². The first-order chi connectivity index (χ1) is 7.63. The molecule has 0 heterocycles. The molecule has 1 fully saturated rings. The molecule has 1 aromatic rings. The molecule has 84 valence electrons. The molecule has 2 rings (SSSR count). The van der Waals surface area contributed by atoms with Gasteiger partial charge < -0.3 is 0 Å². The van der Waals surface area contributed by atoms with E-state index in [1.165, 1.54) is 12.0 Å². The Morgan fingerprint density at radius 2 is 2.12 bits per heavy atom. The summed E-state index contributed by atoms with van der Waals surface area (Å²) in [6.45, 7) is 2.25. The summed E-state index contributed by atoms with van der Waals surface area (Å²) in [6.07, 6.45) is 4.21. The van der Waals surface area contributed by atoms with Gasteiger partial charge in [-0.05, 0) is 49.3 Å². The van der Waals surface area contributed by atoms with Gasteiger partial charge in [-0.15, -0.1) is 0 Å². The molecule has 0 bridgehead atoms. The third kappa shape index (κ3) is 2.47. The number of halogens is 1. The first kappa shape index (κ1) is 11.7. The van der Waals surface area contributed by atoms with Crippen LogP contribution >= 0.6 is 15.9 Å². The summed E-state index contributed by atoms with van der Waals surface area (Å²) in [5.41, 5.74) is 1.17. The molecule has 0 spiro atoms. The fourth-order valence-electron chi connectivity index (χ4n) is 2.69. The van der Waals surface area contributed by atoms with Crippen LogP contribution in [0.25, 0.3) is 0 Å². The minimum atomic E-state index is -0.104. The van der Waals surface area contributed by atoms with Crippen molar-refractivity contribution < 1.29 is 0 Å². The van der Waals surface area contributed by atoms with Crippen LogP contribution in [-0.4, -0.2) is 0 Å². The van der Waals surface area contributed by atoms with Crippen LogP contribution in [0, 0.1) is 22.7 Å². The Morgan fingerprint density at radius 3 is 2.62 bits per heavy atom. The second-order valence-electron chi connectivity index (χ2n) is 5.04. The minimum Gasteiger partial charge on any atom is -0.198 e. The first-order valence-corrected chi connectivity index (χ1v) is 6.59. The molecule has 1 aromatic carbocycles. The molecule has 1 saturated carbocycles. The molecular formula is C14H16BrN. The standard InChI is InChI=1S/C14H16BrN/c1-11-6-7-14(8-11,10-16)9-12-2-4-13(15)5-3-12/h2-5,11H,6-9H2,1H3. The van der Waals surface area contributed by atoms with E-state index < -0.39 is 0 Å². The average molecular weight is 278 g/mol. The lowest BCUT2D eigenvalue weighted by Gasteiger charge is -2.20. The van der Waals surface area contributed by atoms with Crippen LogP contribution in [-0.2, 0) is 6.42 Å². The van der Waals surface area contributed by atoms with Crippen molar-refractivity contribution in [1.29, 1.82) is 5.26 Å². The van der Waals surface area contributed by atoms with Gasteiger partial charge in [0.25, 0.3) is 0 Å². The molecule has 2 atom stereocenters. The molecule has 1 aliphatic rings. The highest BCUT2D eigenvalue weighted by atomic mass is 79.9. The number of nitrogens with zero attached hydrogens (tertiary/aromatic N) is 1. The van der Waals surface area contributed by atoms with Gasteiger partial charge in [-0.3, -0.25) is 0 Å². The van der Waals surface area contributed by atoms with Crippen molar-refractivity contribution in [2.45, 2.75) is 32.6 Å². The van der Waals surface area contributed by atoms with Gasteiger partial charge in [0.2, 0.25) is 0 Å². The molecule has 0 amide bonds. The first-order valence-electron chi connectivity index (χ1n) is 5.79. The zero-order chi connectivity index (χ0) is 11.6. The number of rotatable bonds is 2. The van der Waals surface area contributed by atoms with Crippen molar-refractivity contribution in [2.75, 3.05) is 0 Å². The quantitative estimate of drug-likeness (QED) is 0.790. The number of hydrogen-bond donors (Lipinski definition) is 0. The normalized spacial score (nSPS) is 28.9. The second-order valence-corrected chi connectivity index (χ2v) is 5.96. The molecule has 0 radical (unpaired) electrons. The molecular weight excluding hydrogens is 262 g/mol. The van der Waals surface area contributed by atoms with Gasteiger partial charge in [0.15, 0.2) is 0 Å². The van der Waals surface area contributed by atoms with Gasteiger partial charge in [-0.1, -0.05) is 35.0 Å². The van der Waals surface area contributed by atoms with Crippen molar-refractivity contribution in [1.82, 2.24) is 0 Å². The number of hydrogen-bond acceptors (Lipinski definition) is 1. The van der Waals surface area contributed by atoms with Gasteiger partial charge in [-0.2, -0.15) is 5.26 Å². The van der Waals surface area contributed by atoms with Crippen molar-refractivity contribution >= 4 is 15.9 Å². The largest absolute Gasteiger partial charge is 0.198 e. The molecule has 0 aromatic heterocycles. The summed E-state index contributed by atoms with van der Waals surface area (Å²) in [5.74, 6) is 0.704. The molecule has 0 saturated heterocycles. The summed E-state index contributed by atoms with van der Waals surface area (Å²) in [7, 11) is 0. The zero-order valence-electron chi connectivity index (χ0n) is 9.54. The van der Waals surface area contributed by atoms with Gasteiger partial charge in [0.1, 0.15) is 0 Å². The van der Waals surface area contributed by atoms with E-state index in [-0.39, 0.29) is 5.41 Å². The van der Waals surface area contributed by atoms with E-state index >= 15 is 0 Å². The molecule has 0 aliphatic heterocycles. The average Bonchev–Trinajstić information content (AvgIpc) is 2.64. The minimum absolute atomic E-state index is 0.104. The number of nitriles is 1. The SMILES string of the molecule is CC1CCC(C#N)(Cc2ccc(Br)cc2)C1. The third-order valence-corrected chi connectivity index (χ3v) is 4.08. The highest BCUT2D eigenvalue weighted by Crippen LogP contribution is 2.43. The van der Waals surface area contributed by atoms with Crippen LogP contribution in [0.2, 0.25) is 0 Å². The highest BCUT2D eigenvalue weighted by molar-refractivity contribution is 9.10. The fourth-order valence-corrected chi connectivity index (χ4v) is 2.95. The lowest BCUT2D eigenvalue weighted by molar-refractivity contribution is 0.391. The third-order valence-electron chi connectivity index (χ3n) is 3.55. The number of benzene rings is 1. The summed E-state index contributed by atoms with van der Waals surface area (Å²) in [4.78, 5) is 0. The summed E-state index contributed by atoms with van der Waals surface area (Å²) < 4.78 is 1.10. The molecule has 1 aliphatic carbocycles. The van der Waals surface area contributed by atoms with Gasteiger partial charge in [-0.25, -0.2) is 0 Å². The fraction of sp³-hybridized carbons (Fsp3) is 0.500. The van der Waals surface area contributed by atoms with Crippen molar-refractivity contribution in [3.8, 4) is 6.07 Å². The van der Waals surface area contributed by atoms with Crippen LogP contribution < -0.4 is 0 Å². The van der Waals surface area contributed by atoms with Crippen LogP contribution in [0.15, 0.2) is 28.7 Å². The van der Waals surface area contributed by atoms with E-state index in [1.807, 2.05) is 0 Å². The van der Waals surface area contributed by atoms with Gasteiger partial charge in [0, 0.05) is 4.47 Å². The maximum atomic E-state index is 9.39. The molecule has 1 nitrogen and oxygen atoms in total. The Balaban J connectivity index is 2.14. The monoisotopic (exact) mass is 277 g/mol. The highest BCUT2D eigenvalue weighted by Gasteiger charge is 2.37. The van der Waals surface area contributed by atoms with Crippen LogP contribution in [0.1, 0.15) is 31.7 Å². The smallest absolute Gasteiger partial charge is 0.0693 e. The maximum absolute atomic E-state index is 9.39.